The van der Waals surface area contributed by atoms with Gasteiger partial charge < -0.3 is 9.88 Å². The molecule has 5 nitrogen and oxygen atoms in total. The topological polar surface area (TPSA) is 53.9 Å². The van der Waals surface area contributed by atoms with E-state index in [2.05, 4.69) is 53.1 Å². The van der Waals surface area contributed by atoms with Crippen molar-refractivity contribution in [2.45, 2.75) is 39.2 Å². The maximum Gasteiger partial charge on any atom is 0.223 e. The number of hydrogen-bond acceptors (Lipinski definition) is 2. The largest absolute Gasteiger partial charge is 0.356 e. The van der Waals surface area contributed by atoms with Crippen LogP contribution in [0.3, 0.4) is 0 Å². The number of aromatic amines is 1. The highest BCUT2D eigenvalue weighted by Crippen LogP contribution is 2.38. The number of carbonyl (C=O) groups is 1. The smallest absolute Gasteiger partial charge is 0.223 e. The van der Waals surface area contributed by atoms with Crippen LogP contribution in [0.1, 0.15) is 43.1 Å². The van der Waals surface area contributed by atoms with Gasteiger partial charge in [0, 0.05) is 42.8 Å². The highest BCUT2D eigenvalue weighted by Gasteiger charge is 2.34. The van der Waals surface area contributed by atoms with Crippen LogP contribution >= 0.6 is 0 Å². The lowest BCUT2D eigenvalue weighted by atomic mass is 9.90. The molecule has 0 saturated carbocycles. The van der Waals surface area contributed by atoms with Crippen molar-refractivity contribution in [3.8, 4) is 0 Å². The predicted octanol–water partition coefficient (Wildman–Crippen LogP) is 3.62. The summed E-state index contributed by atoms with van der Waals surface area (Å²) >= 11 is 0. The number of fused-ring (bicyclic) bond motifs is 3. The number of nitrogens with zero attached hydrogens (tertiary/aromatic N) is 3. The van der Waals surface area contributed by atoms with Crippen LogP contribution < -0.4 is 0 Å². The first-order chi connectivity index (χ1) is 12.5. The molecule has 2 aromatic heterocycles. The zero-order chi connectivity index (χ0) is 18.3. The van der Waals surface area contributed by atoms with Crippen molar-refractivity contribution in [1.29, 1.82) is 0 Å². The summed E-state index contributed by atoms with van der Waals surface area (Å²) in [6, 6.07) is 8.58. The van der Waals surface area contributed by atoms with Gasteiger partial charge in [0.15, 0.2) is 0 Å². The van der Waals surface area contributed by atoms with Crippen LogP contribution in [0.4, 0.5) is 0 Å². The number of benzene rings is 1. The quantitative estimate of drug-likeness (QED) is 0.781. The third kappa shape index (κ3) is 2.91. The molecule has 0 bridgehead atoms. The normalized spacial score (nSPS) is 17.1. The van der Waals surface area contributed by atoms with E-state index in [0.717, 1.165) is 24.9 Å². The van der Waals surface area contributed by atoms with Crippen molar-refractivity contribution in [1.82, 2.24) is 19.7 Å². The van der Waals surface area contributed by atoms with E-state index in [1.165, 1.54) is 22.2 Å². The lowest BCUT2D eigenvalue weighted by Crippen LogP contribution is -2.42. The molecule has 0 spiro atoms. The number of rotatable bonds is 4. The molecular formula is C21H26N4O. The second kappa shape index (κ2) is 6.63. The number of hydrogen-bond donors (Lipinski definition) is 1. The minimum absolute atomic E-state index is 0.118. The Hall–Kier alpha value is -2.56. The van der Waals surface area contributed by atoms with E-state index >= 15 is 0 Å². The van der Waals surface area contributed by atoms with Gasteiger partial charge in [0.25, 0.3) is 0 Å². The summed E-state index contributed by atoms with van der Waals surface area (Å²) in [5.41, 5.74) is 4.90. The zero-order valence-electron chi connectivity index (χ0n) is 15.7. The molecule has 4 rings (SSSR count). The van der Waals surface area contributed by atoms with Gasteiger partial charge in [-0.15, -0.1) is 0 Å². The fourth-order valence-corrected chi connectivity index (χ4v) is 4.24. The van der Waals surface area contributed by atoms with Gasteiger partial charge in [0.05, 0.1) is 12.2 Å². The average Bonchev–Trinajstić information content (AvgIpc) is 3.21. The number of H-pyrrole nitrogens is 1. The van der Waals surface area contributed by atoms with E-state index in [-0.39, 0.29) is 11.9 Å². The second-order valence-electron chi connectivity index (χ2n) is 7.61. The maximum absolute atomic E-state index is 13.0. The Morgan fingerprint density at radius 1 is 1.35 bits per heavy atom. The summed E-state index contributed by atoms with van der Waals surface area (Å²) in [6.45, 7) is 5.20. The third-order valence-corrected chi connectivity index (χ3v) is 5.42. The van der Waals surface area contributed by atoms with E-state index in [1.54, 1.807) is 4.68 Å². The van der Waals surface area contributed by atoms with Gasteiger partial charge in [-0.3, -0.25) is 9.48 Å². The molecule has 0 aliphatic carbocycles. The fraction of sp³-hybridized carbons (Fsp3) is 0.429. The first kappa shape index (κ1) is 16.9. The molecule has 3 heterocycles. The van der Waals surface area contributed by atoms with Crippen LogP contribution in [0.25, 0.3) is 10.9 Å². The minimum Gasteiger partial charge on any atom is -0.356 e. The van der Waals surface area contributed by atoms with Crippen molar-refractivity contribution in [3.63, 3.8) is 0 Å². The van der Waals surface area contributed by atoms with Gasteiger partial charge in [-0.2, -0.15) is 5.10 Å². The number of para-hydroxylation sites is 1. The molecule has 1 aliphatic heterocycles. The summed E-state index contributed by atoms with van der Waals surface area (Å²) in [4.78, 5) is 18.7. The average molecular weight is 350 g/mol. The van der Waals surface area contributed by atoms with Gasteiger partial charge in [0.2, 0.25) is 5.91 Å². The van der Waals surface area contributed by atoms with Gasteiger partial charge in [-0.05, 0) is 36.0 Å². The Morgan fingerprint density at radius 3 is 2.88 bits per heavy atom. The Kier molecular flexibility index (Phi) is 4.31. The number of aryl methyl sites for hydroxylation is 2. The van der Waals surface area contributed by atoms with Crippen LogP contribution in [-0.2, 0) is 24.7 Å². The molecule has 0 fully saturated rings. The first-order valence-corrected chi connectivity index (χ1v) is 9.41. The molecule has 0 saturated heterocycles. The molecule has 26 heavy (non-hydrogen) atoms. The van der Waals surface area contributed by atoms with Crippen molar-refractivity contribution < 1.29 is 4.79 Å². The summed E-state index contributed by atoms with van der Waals surface area (Å²) in [5.74, 6) is 0.598. The van der Waals surface area contributed by atoms with Gasteiger partial charge in [-0.25, -0.2) is 0 Å². The van der Waals surface area contributed by atoms with Gasteiger partial charge >= 0.3 is 0 Å². The molecule has 136 valence electrons. The molecule has 1 N–H and O–H groups in total. The molecule has 5 heteroatoms. The van der Waals surface area contributed by atoms with Crippen LogP contribution in [0.15, 0.2) is 36.7 Å². The lowest BCUT2D eigenvalue weighted by molar-refractivity contribution is -0.135. The summed E-state index contributed by atoms with van der Waals surface area (Å²) < 4.78 is 1.79. The van der Waals surface area contributed by atoms with Crippen LogP contribution in [0.2, 0.25) is 0 Å². The molecule has 1 aliphatic rings. The predicted molar refractivity (Wildman–Crippen MR) is 103 cm³/mol. The molecule has 1 amide bonds. The monoisotopic (exact) mass is 350 g/mol. The highest BCUT2D eigenvalue weighted by atomic mass is 16.2. The van der Waals surface area contributed by atoms with Crippen molar-refractivity contribution in [2.75, 3.05) is 6.54 Å². The SMILES string of the molecule is CC(C)[C@@H]1c2[nH]c3ccccc3c2CCN1C(=O)CCc1cnn(C)c1. The molecule has 0 unspecified atom stereocenters. The van der Waals surface area contributed by atoms with Crippen LogP contribution in [0, 0.1) is 5.92 Å². The molecule has 3 aromatic rings. The number of carbonyl (C=O) groups excluding carboxylic acids is 1. The summed E-state index contributed by atoms with van der Waals surface area (Å²) in [6.07, 6.45) is 6.03. The van der Waals surface area contributed by atoms with E-state index in [9.17, 15) is 4.79 Å². The van der Waals surface area contributed by atoms with Gasteiger partial charge in [-0.1, -0.05) is 32.0 Å². The molecule has 1 aromatic carbocycles. The molecule has 0 radical (unpaired) electrons. The fourth-order valence-electron chi connectivity index (χ4n) is 4.24. The summed E-state index contributed by atoms with van der Waals surface area (Å²) in [7, 11) is 1.90. The second-order valence-corrected chi connectivity index (χ2v) is 7.61. The van der Waals surface area contributed by atoms with E-state index in [0.29, 0.717) is 12.3 Å². The van der Waals surface area contributed by atoms with E-state index in [1.807, 2.05) is 19.4 Å². The Labute approximate surface area is 154 Å². The number of nitrogens with one attached hydrogen (secondary N) is 1. The molecular weight excluding hydrogens is 324 g/mol. The van der Waals surface area contributed by atoms with Crippen molar-refractivity contribution >= 4 is 16.8 Å². The third-order valence-electron chi connectivity index (χ3n) is 5.42. The van der Waals surface area contributed by atoms with E-state index < -0.39 is 0 Å². The Morgan fingerprint density at radius 2 is 2.15 bits per heavy atom. The zero-order valence-corrected chi connectivity index (χ0v) is 15.7. The molecule has 1 atom stereocenters. The Balaban J connectivity index is 1.59. The van der Waals surface area contributed by atoms with Crippen LogP contribution in [-0.4, -0.2) is 32.1 Å². The number of aromatic nitrogens is 3. The van der Waals surface area contributed by atoms with E-state index in [4.69, 9.17) is 0 Å². The first-order valence-electron chi connectivity index (χ1n) is 9.41. The summed E-state index contributed by atoms with van der Waals surface area (Å²) in [5, 5.41) is 5.49. The Bertz CT molecular complexity index is 937. The van der Waals surface area contributed by atoms with Crippen LogP contribution in [0.5, 0.6) is 0 Å². The minimum atomic E-state index is 0.118. The standard InChI is InChI=1S/C21H26N4O/c1-14(2)21-20-17(16-6-4-5-7-18(16)23-20)10-11-25(21)19(26)9-8-15-12-22-24(3)13-15/h4-7,12-14,21,23H,8-11H2,1-3H3/t21-/m1/s1. The lowest BCUT2D eigenvalue weighted by Gasteiger charge is -2.38. The van der Waals surface area contributed by atoms with Crippen molar-refractivity contribution in [2.24, 2.45) is 13.0 Å². The van der Waals surface area contributed by atoms with Gasteiger partial charge in [0.1, 0.15) is 0 Å². The highest BCUT2D eigenvalue weighted by molar-refractivity contribution is 5.86. The maximum atomic E-state index is 13.0. The number of amides is 1. The van der Waals surface area contributed by atoms with Crippen molar-refractivity contribution in [3.05, 3.63) is 53.5 Å².